The average molecular weight is 380 g/mol. The van der Waals surface area contributed by atoms with Crippen molar-refractivity contribution in [3.63, 3.8) is 0 Å². The number of anilines is 2. The first-order valence-corrected chi connectivity index (χ1v) is 9.81. The molecule has 0 bridgehead atoms. The predicted octanol–water partition coefficient (Wildman–Crippen LogP) is 5.64. The van der Waals surface area contributed by atoms with Crippen LogP contribution in [0, 0.1) is 6.92 Å². The number of carbonyl (C=O) groups is 1. The molecule has 1 unspecified atom stereocenters. The molecule has 0 radical (unpaired) electrons. The molecule has 148 valence electrons. The van der Waals surface area contributed by atoms with Crippen molar-refractivity contribution in [3.8, 4) is 0 Å². The first-order chi connectivity index (χ1) is 13.4. The van der Waals surface area contributed by atoms with Gasteiger partial charge in [0.15, 0.2) is 0 Å². The minimum Gasteiger partial charge on any atom is -0.441 e. The zero-order chi connectivity index (χ0) is 20.3. The van der Waals surface area contributed by atoms with Gasteiger partial charge in [0, 0.05) is 54.2 Å². The third kappa shape index (κ3) is 3.98. The molecule has 5 heteroatoms. The lowest BCUT2D eigenvalue weighted by Crippen LogP contribution is -2.22. The Balaban J connectivity index is 1.71. The maximum atomic E-state index is 12.5. The molecular weight excluding hydrogens is 350 g/mol. The number of nitrogens with zero attached hydrogens (tertiary/aromatic N) is 2. The Morgan fingerprint density at radius 2 is 1.89 bits per heavy atom. The second kappa shape index (κ2) is 8.38. The van der Waals surface area contributed by atoms with E-state index in [1.165, 1.54) is 0 Å². The second-order valence-corrected chi connectivity index (χ2v) is 7.06. The van der Waals surface area contributed by atoms with Crippen molar-refractivity contribution in [3.05, 3.63) is 59.8 Å². The maximum Gasteiger partial charge on any atom is 0.412 e. The van der Waals surface area contributed by atoms with Crippen LogP contribution in [-0.4, -0.2) is 23.7 Å². The number of aromatic nitrogens is 1. The summed E-state index contributed by atoms with van der Waals surface area (Å²) in [5, 5.41) is 3.98. The molecule has 1 heterocycles. The summed E-state index contributed by atoms with van der Waals surface area (Å²) < 4.78 is 7.72. The number of ether oxygens (including phenoxy) is 1. The molecule has 3 rings (SSSR count). The molecule has 0 aliphatic rings. The van der Waals surface area contributed by atoms with E-state index in [0.29, 0.717) is 0 Å². The number of hydrogen-bond donors (Lipinski definition) is 1. The second-order valence-electron chi connectivity index (χ2n) is 7.06. The van der Waals surface area contributed by atoms with E-state index >= 15 is 0 Å². The van der Waals surface area contributed by atoms with E-state index in [2.05, 4.69) is 46.8 Å². The fourth-order valence-corrected chi connectivity index (χ4v) is 3.63. The van der Waals surface area contributed by atoms with Gasteiger partial charge < -0.3 is 14.2 Å². The fourth-order valence-electron chi connectivity index (χ4n) is 3.63. The minimum atomic E-state index is -0.445. The Labute approximate surface area is 166 Å². The predicted molar refractivity (Wildman–Crippen MR) is 116 cm³/mol. The Bertz CT molecular complexity index is 973. The van der Waals surface area contributed by atoms with E-state index in [0.717, 1.165) is 46.5 Å². The van der Waals surface area contributed by atoms with Gasteiger partial charge in [-0.25, -0.2) is 4.79 Å². The monoisotopic (exact) mass is 379 g/mol. The number of fused-ring (bicyclic) bond motifs is 1. The molecule has 1 aromatic heterocycles. The van der Waals surface area contributed by atoms with Gasteiger partial charge in [-0.15, -0.1) is 0 Å². The molecule has 28 heavy (non-hydrogen) atoms. The molecule has 1 N–H and O–H groups in total. The van der Waals surface area contributed by atoms with Gasteiger partial charge in [0.25, 0.3) is 0 Å². The zero-order valence-corrected chi connectivity index (χ0v) is 17.3. The van der Waals surface area contributed by atoms with Crippen LogP contribution in [0.1, 0.15) is 38.0 Å². The van der Waals surface area contributed by atoms with Crippen molar-refractivity contribution in [2.24, 2.45) is 7.05 Å². The summed E-state index contributed by atoms with van der Waals surface area (Å²) in [6.07, 6.45) is 1.23. The smallest absolute Gasteiger partial charge is 0.412 e. The van der Waals surface area contributed by atoms with Gasteiger partial charge in [-0.1, -0.05) is 18.2 Å². The molecule has 3 aromatic rings. The van der Waals surface area contributed by atoms with E-state index in [-0.39, 0.29) is 6.10 Å². The highest BCUT2D eigenvalue weighted by atomic mass is 16.6. The number of aryl methyl sites for hydroxylation is 2. The Morgan fingerprint density at radius 1 is 1.18 bits per heavy atom. The van der Waals surface area contributed by atoms with Crippen LogP contribution < -0.4 is 10.2 Å². The number of nitrogens with one attached hydrogen (secondary N) is 1. The number of hydrogen-bond acceptors (Lipinski definition) is 3. The van der Waals surface area contributed by atoms with Crippen LogP contribution in [0.3, 0.4) is 0 Å². The van der Waals surface area contributed by atoms with Gasteiger partial charge in [-0.05, 0) is 57.5 Å². The topological polar surface area (TPSA) is 46.5 Å². The van der Waals surface area contributed by atoms with Gasteiger partial charge >= 0.3 is 6.09 Å². The third-order valence-electron chi connectivity index (χ3n) is 5.22. The van der Waals surface area contributed by atoms with Gasteiger partial charge in [-0.2, -0.15) is 0 Å². The minimum absolute atomic E-state index is 0.346. The summed E-state index contributed by atoms with van der Waals surface area (Å²) in [4.78, 5) is 14.7. The van der Waals surface area contributed by atoms with Crippen LogP contribution in [0.2, 0.25) is 0 Å². The molecule has 5 nitrogen and oxygen atoms in total. The molecule has 0 aliphatic carbocycles. The largest absolute Gasteiger partial charge is 0.441 e. The van der Waals surface area contributed by atoms with Crippen molar-refractivity contribution in [1.82, 2.24) is 4.57 Å². The Morgan fingerprint density at radius 3 is 2.57 bits per heavy atom. The first-order valence-electron chi connectivity index (χ1n) is 9.81. The van der Waals surface area contributed by atoms with Crippen LogP contribution in [0.25, 0.3) is 10.9 Å². The quantitative estimate of drug-likeness (QED) is 0.603. The standard InChI is InChI=1S/C23H29N3O2/c1-6-26(7-2)18-12-13-21(16(3)14-18)24-23(27)28-17(4)20-15-25(5)22-11-9-8-10-19(20)22/h8-15,17H,6-7H2,1-5H3,(H,24,27). The van der Waals surface area contributed by atoms with E-state index in [1.54, 1.807) is 0 Å². The molecule has 0 saturated carbocycles. The molecular formula is C23H29N3O2. The lowest BCUT2D eigenvalue weighted by atomic mass is 10.1. The molecule has 1 amide bonds. The van der Waals surface area contributed by atoms with Crippen LogP contribution in [0.5, 0.6) is 0 Å². The van der Waals surface area contributed by atoms with Gasteiger partial charge in [0.05, 0.1) is 0 Å². The molecule has 2 aromatic carbocycles. The van der Waals surface area contributed by atoms with Gasteiger partial charge in [0.2, 0.25) is 0 Å². The van der Waals surface area contributed by atoms with Crippen molar-refractivity contribution in [2.45, 2.75) is 33.8 Å². The summed E-state index contributed by atoms with van der Waals surface area (Å²) in [6, 6.07) is 14.2. The number of amides is 1. The summed E-state index contributed by atoms with van der Waals surface area (Å²) in [5.41, 5.74) is 5.06. The summed E-state index contributed by atoms with van der Waals surface area (Å²) >= 11 is 0. The van der Waals surface area contributed by atoms with Crippen LogP contribution in [0.15, 0.2) is 48.7 Å². The molecule has 0 aliphatic heterocycles. The maximum absolute atomic E-state index is 12.5. The van der Waals surface area contributed by atoms with Gasteiger partial charge in [-0.3, -0.25) is 5.32 Å². The third-order valence-corrected chi connectivity index (χ3v) is 5.22. The molecule has 0 fully saturated rings. The number of carbonyl (C=O) groups excluding carboxylic acids is 1. The molecule has 1 atom stereocenters. The SMILES string of the molecule is CCN(CC)c1ccc(NC(=O)OC(C)c2cn(C)c3ccccc23)c(C)c1. The fraction of sp³-hybridized carbons (Fsp3) is 0.348. The highest BCUT2D eigenvalue weighted by Crippen LogP contribution is 2.29. The van der Waals surface area contributed by atoms with E-state index in [4.69, 9.17) is 4.74 Å². The highest BCUT2D eigenvalue weighted by molar-refractivity contribution is 5.87. The number of para-hydroxylation sites is 1. The zero-order valence-electron chi connectivity index (χ0n) is 17.3. The van der Waals surface area contributed by atoms with Crippen molar-refractivity contribution < 1.29 is 9.53 Å². The lowest BCUT2D eigenvalue weighted by molar-refractivity contribution is 0.122. The van der Waals surface area contributed by atoms with Crippen LogP contribution >= 0.6 is 0 Å². The first kappa shape index (κ1) is 19.8. The molecule has 0 saturated heterocycles. The molecule has 0 spiro atoms. The van der Waals surface area contributed by atoms with E-state index in [9.17, 15) is 4.79 Å². The van der Waals surface area contributed by atoms with Crippen LogP contribution in [-0.2, 0) is 11.8 Å². The number of rotatable bonds is 6. The van der Waals surface area contributed by atoms with E-state index in [1.807, 2.05) is 51.4 Å². The normalized spacial score (nSPS) is 12.0. The van der Waals surface area contributed by atoms with Crippen molar-refractivity contribution >= 4 is 28.4 Å². The van der Waals surface area contributed by atoms with Crippen molar-refractivity contribution in [2.75, 3.05) is 23.3 Å². The van der Waals surface area contributed by atoms with Crippen molar-refractivity contribution in [1.29, 1.82) is 0 Å². The lowest BCUT2D eigenvalue weighted by Gasteiger charge is -2.22. The summed E-state index contributed by atoms with van der Waals surface area (Å²) in [6.45, 7) is 10.1. The van der Waals surface area contributed by atoms with Crippen LogP contribution in [0.4, 0.5) is 16.2 Å². The Hall–Kier alpha value is -2.95. The Kier molecular flexibility index (Phi) is 5.93. The highest BCUT2D eigenvalue weighted by Gasteiger charge is 2.17. The summed E-state index contributed by atoms with van der Waals surface area (Å²) in [7, 11) is 2.00. The summed E-state index contributed by atoms with van der Waals surface area (Å²) in [5.74, 6) is 0. The van der Waals surface area contributed by atoms with E-state index < -0.39 is 6.09 Å². The average Bonchev–Trinajstić information content (AvgIpc) is 3.02. The van der Waals surface area contributed by atoms with Gasteiger partial charge in [0.1, 0.15) is 6.10 Å². The number of benzene rings is 2.